The van der Waals surface area contributed by atoms with Gasteiger partial charge in [0.25, 0.3) is 0 Å². The second-order valence-electron chi connectivity index (χ2n) is 3.45. The maximum atomic E-state index is 5.15. The maximum Gasteiger partial charge on any atom is 0.147 e. The number of aromatic nitrogens is 3. The smallest absolute Gasteiger partial charge is 0.147 e. The molecule has 0 aliphatic carbocycles. The van der Waals surface area contributed by atoms with Gasteiger partial charge in [0.15, 0.2) is 0 Å². The highest BCUT2D eigenvalue weighted by Crippen LogP contribution is 2.13. The molecule has 74 valence electrons. The van der Waals surface area contributed by atoms with Gasteiger partial charge < -0.3 is 4.57 Å². The molecule has 1 N–H and O–H groups in total. The largest absolute Gasteiger partial charge is 0.314 e. The molecule has 0 unspecified atom stereocenters. The first-order valence-corrected chi connectivity index (χ1v) is 4.97. The molecule has 1 aromatic rings. The summed E-state index contributed by atoms with van der Waals surface area (Å²) in [4.78, 5) is 0. The lowest BCUT2D eigenvalue weighted by atomic mass is 10.2. The lowest BCUT2D eigenvalue weighted by molar-refractivity contribution is 0.501. The van der Waals surface area contributed by atoms with Crippen molar-refractivity contribution in [3.8, 4) is 12.3 Å². The van der Waals surface area contributed by atoms with E-state index in [9.17, 15) is 0 Å². The molecule has 0 radical (unpaired) electrons. The molecular weight excluding hydrogens is 176 g/mol. The van der Waals surface area contributed by atoms with Crippen LogP contribution in [0.5, 0.6) is 0 Å². The van der Waals surface area contributed by atoms with E-state index < -0.39 is 0 Å². The number of fused-ring (bicyclic) bond motifs is 1. The monoisotopic (exact) mass is 190 g/mol. The molecule has 1 aliphatic heterocycles. The molecule has 0 spiro atoms. The van der Waals surface area contributed by atoms with Crippen molar-refractivity contribution < 1.29 is 0 Å². The molecular formula is C10H14N4. The van der Waals surface area contributed by atoms with Crippen LogP contribution in [0.25, 0.3) is 0 Å². The second-order valence-corrected chi connectivity index (χ2v) is 3.45. The Labute approximate surface area is 83.7 Å². The van der Waals surface area contributed by atoms with Gasteiger partial charge in [-0.05, 0) is 12.8 Å². The van der Waals surface area contributed by atoms with Crippen LogP contribution in [0.3, 0.4) is 0 Å². The van der Waals surface area contributed by atoms with Gasteiger partial charge in [-0.15, -0.1) is 16.6 Å². The van der Waals surface area contributed by atoms with Crippen molar-refractivity contribution >= 4 is 0 Å². The zero-order valence-electron chi connectivity index (χ0n) is 8.16. The van der Waals surface area contributed by atoms with Crippen LogP contribution in [0.1, 0.15) is 24.5 Å². The Morgan fingerprint density at radius 1 is 1.43 bits per heavy atom. The van der Waals surface area contributed by atoms with Gasteiger partial charge in [-0.2, -0.15) is 0 Å². The van der Waals surface area contributed by atoms with Gasteiger partial charge in [0.2, 0.25) is 0 Å². The highest BCUT2D eigenvalue weighted by molar-refractivity contribution is 4.99. The van der Waals surface area contributed by atoms with Crippen molar-refractivity contribution in [3.63, 3.8) is 0 Å². The highest BCUT2D eigenvalue weighted by atomic mass is 15.3. The fraction of sp³-hybridized carbons (Fsp3) is 0.600. The van der Waals surface area contributed by atoms with Crippen molar-refractivity contribution in [3.05, 3.63) is 11.6 Å². The van der Waals surface area contributed by atoms with Crippen molar-refractivity contribution in [1.29, 1.82) is 0 Å². The number of nitrogens with one attached hydrogen (secondary N) is 1. The van der Waals surface area contributed by atoms with E-state index >= 15 is 0 Å². The summed E-state index contributed by atoms with van der Waals surface area (Å²) in [7, 11) is 0. The minimum absolute atomic E-state index is 0.586. The van der Waals surface area contributed by atoms with Gasteiger partial charge in [0.1, 0.15) is 11.6 Å². The molecule has 1 aromatic heterocycles. The summed E-state index contributed by atoms with van der Waals surface area (Å²) in [6.07, 6.45) is 8.67. The number of hydrogen-bond acceptors (Lipinski definition) is 3. The van der Waals surface area contributed by atoms with Gasteiger partial charge in [-0.1, -0.05) is 5.92 Å². The summed E-state index contributed by atoms with van der Waals surface area (Å²) < 4.78 is 2.20. The summed E-state index contributed by atoms with van der Waals surface area (Å²) in [5, 5.41) is 11.4. The molecule has 2 heterocycles. The standard InChI is InChI=1S/C10H14N4/c1-2-6-11-8-10-13-12-9-5-3-4-7-14(9)10/h1,11H,3-8H2. The lowest BCUT2D eigenvalue weighted by Gasteiger charge is -2.14. The molecule has 0 amide bonds. The van der Waals surface area contributed by atoms with Crippen molar-refractivity contribution in [2.75, 3.05) is 6.54 Å². The van der Waals surface area contributed by atoms with Gasteiger partial charge in [0.05, 0.1) is 13.1 Å². The third-order valence-electron chi connectivity index (χ3n) is 2.45. The predicted octanol–water partition coefficient (Wildman–Crippen LogP) is 0.337. The number of terminal acetylenes is 1. The van der Waals surface area contributed by atoms with Gasteiger partial charge in [0, 0.05) is 13.0 Å². The summed E-state index contributed by atoms with van der Waals surface area (Å²) in [6, 6.07) is 0. The van der Waals surface area contributed by atoms with E-state index in [1.165, 1.54) is 12.8 Å². The Bertz CT molecular complexity index is 347. The summed E-state index contributed by atoms with van der Waals surface area (Å²) >= 11 is 0. The fourth-order valence-corrected chi connectivity index (χ4v) is 1.75. The van der Waals surface area contributed by atoms with E-state index in [2.05, 4.69) is 26.0 Å². The van der Waals surface area contributed by atoms with E-state index in [1.54, 1.807) is 0 Å². The quantitative estimate of drug-likeness (QED) is 0.552. The summed E-state index contributed by atoms with van der Waals surface area (Å²) in [6.45, 7) is 2.36. The molecule has 0 bridgehead atoms. The second kappa shape index (κ2) is 4.25. The molecule has 0 fully saturated rings. The Morgan fingerprint density at radius 2 is 2.36 bits per heavy atom. The number of aryl methyl sites for hydroxylation is 1. The van der Waals surface area contributed by atoms with Gasteiger partial charge in [-0.25, -0.2) is 0 Å². The third-order valence-corrected chi connectivity index (χ3v) is 2.45. The van der Waals surface area contributed by atoms with Crippen LogP contribution in [0, 0.1) is 12.3 Å². The zero-order valence-corrected chi connectivity index (χ0v) is 8.16. The molecule has 14 heavy (non-hydrogen) atoms. The van der Waals surface area contributed by atoms with Crippen LogP contribution in [-0.2, 0) is 19.5 Å². The Kier molecular flexibility index (Phi) is 2.80. The average molecular weight is 190 g/mol. The third kappa shape index (κ3) is 1.78. The summed E-state index contributed by atoms with van der Waals surface area (Å²) in [5.74, 6) is 4.67. The Balaban J connectivity index is 2.04. The topological polar surface area (TPSA) is 42.7 Å². The Hall–Kier alpha value is -1.34. The summed E-state index contributed by atoms with van der Waals surface area (Å²) in [5.41, 5.74) is 0. The van der Waals surface area contributed by atoms with Crippen LogP contribution in [-0.4, -0.2) is 21.3 Å². The van der Waals surface area contributed by atoms with Gasteiger partial charge in [-0.3, -0.25) is 5.32 Å². The van der Waals surface area contributed by atoms with Crippen LogP contribution in [0.2, 0.25) is 0 Å². The highest BCUT2D eigenvalue weighted by Gasteiger charge is 2.14. The van der Waals surface area contributed by atoms with E-state index in [4.69, 9.17) is 6.42 Å². The van der Waals surface area contributed by atoms with Gasteiger partial charge >= 0.3 is 0 Å². The maximum absolute atomic E-state index is 5.15. The Morgan fingerprint density at radius 3 is 3.21 bits per heavy atom. The van der Waals surface area contributed by atoms with Crippen molar-refractivity contribution in [2.45, 2.75) is 32.4 Å². The normalized spacial score (nSPS) is 14.8. The van der Waals surface area contributed by atoms with Crippen LogP contribution >= 0.6 is 0 Å². The van der Waals surface area contributed by atoms with Crippen LogP contribution < -0.4 is 5.32 Å². The van der Waals surface area contributed by atoms with E-state index in [0.717, 1.165) is 31.2 Å². The van der Waals surface area contributed by atoms with Crippen LogP contribution in [0.4, 0.5) is 0 Å². The zero-order chi connectivity index (χ0) is 9.80. The SMILES string of the molecule is C#CCNCc1nnc2n1CCCC2. The molecule has 4 nitrogen and oxygen atoms in total. The molecule has 0 saturated carbocycles. The van der Waals surface area contributed by atoms with E-state index in [-0.39, 0.29) is 0 Å². The molecule has 0 aromatic carbocycles. The van der Waals surface area contributed by atoms with Crippen molar-refractivity contribution in [1.82, 2.24) is 20.1 Å². The minimum Gasteiger partial charge on any atom is -0.314 e. The minimum atomic E-state index is 0.586. The molecule has 2 rings (SSSR count). The number of nitrogens with zero attached hydrogens (tertiary/aromatic N) is 3. The van der Waals surface area contributed by atoms with E-state index in [1.807, 2.05) is 0 Å². The average Bonchev–Trinajstić information content (AvgIpc) is 2.63. The molecule has 1 aliphatic rings. The van der Waals surface area contributed by atoms with E-state index in [0.29, 0.717) is 6.54 Å². The van der Waals surface area contributed by atoms with Crippen LogP contribution in [0.15, 0.2) is 0 Å². The number of rotatable bonds is 3. The fourth-order valence-electron chi connectivity index (χ4n) is 1.75. The number of hydrogen-bond donors (Lipinski definition) is 1. The first-order valence-electron chi connectivity index (χ1n) is 4.97. The van der Waals surface area contributed by atoms with Crippen molar-refractivity contribution in [2.24, 2.45) is 0 Å². The first-order chi connectivity index (χ1) is 6.92. The lowest BCUT2D eigenvalue weighted by Crippen LogP contribution is -2.19. The predicted molar refractivity (Wildman–Crippen MR) is 53.5 cm³/mol. The molecule has 0 saturated heterocycles. The molecule has 4 heteroatoms. The first kappa shape index (κ1) is 9.22. The molecule has 0 atom stereocenters.